The average molecular weight is 207 g/mol. The molecular formula is C11H17N3O. The van der Waals surface area contributed by atoms with Crippen LogP contribution in [0.4, 0.5) is 0 Å². The van der Waals surface area contributed by atoms with Crippen LogP contribution in [0.3, 0.4) is 0 Å². The third-order valence-electron chi connectivity index (χ3n) is 2.31. The lowest BCUT2D eigenvalue weighted by Crippen LogP contribution is -2.51. The first-order chi connectivity index (χ1) is 7.33. The molecular weight excluding hydrogens is 190 g/mol. The molecule has 1 N–H and O–H groups in total. The van der Waals surface area contributed by atoms with Gasteiger partial charge in [-0.25, -0.2) is 9.80 Å². The minimum Gasteiger partial charge on any atom is -0.314 e. The van der Waals surface area contributed by atoms with Crippen LogP contribution in [0.5, 0.6) is 0 Å². The minimum absolute atomic E-state index is 0.469. The molecule has 0 aromatic carbocycles. The predicted molar refractivity (Wildman–Crippen MR) is 60.7 cm³/mol. The quantitative estimate of drug-likeness (QED) is 0.397. The molecule has 0 atom stereocenters. The third kappa shape index (κ3) is 3.06. The second kappa shape index (κ2) is 6.19. The van der Waals surface area contributed by atoms with Crippen LogP contribution >= 0.6 is 0 Å². The summed E-state index contributed by atoms with van der Waals surface area (Å²) in [4.78, 5) is 10.7. The van der Waals surface area contributed by atoms with E-state index in [2.05, 4.69) is 23.5 Å². The van der Waals surface area contributed by atoms with Gasteiger partial charge in [0.2, 0.25) is 0 Å². The summed E-state index contributed by atoms with van der Waals surface area (Å²) in [6.07, 6.45) is 3.29. The molecule has 0 aromatic rings. The highest BCUT2D eigenvalue weighted by Gasteiger charge is 2.18. The Morgan fingerprint density at radius 2 is 2.13 bits per heavy atom. The molecule has 0 radical (unpaired) electrons. The smallest absolute Gasteiger partial charge is 0.151 e. The maximum Gasteiger partial charge on any atom is 0.151 e. The Morgan fingerprint density at radius 1 is 1.47 bits per heavy atom. The summed E-state index contributed by atoms with van der Waals surface area (Å²) in [5.41, 5.74) is 0.469. The minimum atomic E-state index is 0.469. The van der Waals surface area contributed by atoms with Crippen molar-refractivity contribution in [2.45, 2.75) is 0 Å². The number of nitrogens with zero attached hydrogens (tertiary/aromatic N) is 2. The summed E-state index contributed by atoms with van der Waals surface area (Å²) < 4.78 is 0. The lowest BCUT2D eigenvalue weighted by atomic mass is 10.3. The zero-order valence-corrected chi connectivity index (χ0v) is 8.91. The largest absolute Gasteiger partial charge is 0.314 e. The highest BCUT2D eigenvalue weighted by atomic mass is 16.1. The molecule has 0 aliphatic carbocycles. The second-order valence-corrected chi connectivity index (χ2v) is 3.27. The van der Waals surface area contributed by atoms with Crippen LogP contribution < -0.4 is 5.32 Å². The van der Waals surface area contributed by atoms with Crippen molar-refractivity contribution in [3.05, 3.63) is 31.0 Å². The van der Waals surface area contributed by atoms with E-state index in [0.29, 0.717) is 12.2 Å². The van der Waals surface area contributed by atoms with Crippen LogP contribution in [-0.4, -0.2) is 48.7 Å². The number of hydrogen-bond donors (Lipinski definition) is 1. The lowest BCUT2D eigenvalue weighted by Gasteiger charge is -2.37. The Balaban J connectivity index is 2.74. The van der Waals surface area contributed by atoms with E-state index in [4.69, 9.17) is 0 Å². The van der Waals surface area contributed by atoms with Crippen molar-refractivity contribution in [1.29, 1.82) is 0 Å². The molecule has 82 valence electrons. The van der Waals surface area contributed by atoms with Gasteiger partial charge in [0, 0.05) is 26.2 Å². The maximum absolute atomic E-state index is 10.7. The first-order valence-corrected chi connectivity index (χ1v) is 5.05. The molecule has 1 aliphatic heterocycles. The molecule has 0 aromatic heterocycles. The number of nitrogens with one attached hydrogen (secondary N) is 1. The van der Waals surface area contributed by atoms with E-state index >= 15 is 0 Å². The van der Waals surface area contributed by atoms with Gasteiger partial charge in [0.15, 0.2) is 5.94 Å². The summed E-state index contributed by atoms with van der Waals surface area (Å²) in [5, 5.41) is 7.24. The van der Waals surface area contributed by atoms with Crippen molar-refractivity contribution in [2.75, 3.05) is 32.7 Å². The van der Waals surface area contributed by atoms with Gasteiger partial charge in [0.1, 0.15) is 5.70 Å². The Bertz CT molecular complexity index is 276. The van der Waals surface area contributed by atoms with Gasteiger partial charge in [-0.05, 0) is 6.08 Å². The van der Waals surface area contributed by atoms with E-state index in [1.165, 1.54) is 6.08 Å². The number of rotatable bonds is 5. The lowest BCUT2D eigenvalue weighted by molar-refractivity contribution is 0.0129. The van der Waals surface area contributed by atoms with Gasteiger partial charge in [-0.1, -0.05) is 12.7 Å². The number of allylic oxidation sites excluding steroid dienone is 1. The van der Waals surface area contributed by atoms with E-state index in [1.54, 1.807) is 6.08 Å². The molecule has 4 nitrogen and oxygen atoms in total. The van der Waals surface area contributed by atoms with Gasteiger partial charge >= 0.3 is 0 Å². The molecule has 4 heteroatoms. The Kier molecular flexibility index (Phi) is 4.84. The van der Waals surface area contributed by atoms with Crippen molar-refractivity contribution < 1.29 is 4.79 Å². The van der Waals surface area contributed by atoms with E-state index in [9.17, 15) is 4.79 Å². The molecule has 0 bridgehead atoms. The van der Waals surface area contributed by atoms with Crippen LogP contribution in [0.1, 0.15) is 0 Å². The number of hydrogen-bond acceptors (Lipinski definition) is 4. The molecule has 15 heavy (non-hydrogen) atoms. The van der Waals surface area contributed by atoms with E-state index in [0.717, 1.165) is 26.2 Å². The fourth-order valence-corrected chi connectivity index (χ4v) is 1.58. The summed E-state index contributed by atoms with van der Waals surface area (Å²) in [5.74, 6) is 1.90. The summed E-state index contributed by atoms with van der Waals surface area (Å²) in [6.45, 7) is 11.5. The highest BCUT2D eigenvalue weighted by Crippen LogP contribution is 2.08. The molecule has 1 aliphatic rings. The van der Waals surface area contributed by atoms with Crippen molar-refractivity contribution >= 4 is 5.94 Å². The van der Waals surface area contributed by atoms with Crippen molar-refractivity contribution in [3.63, 3.8) is 0 Å². The molecule has 1 saturated heterocycles. The van der Waals surface area contributed by atoms with Crippen LogP contribution in [0, 0.1) is 0 Å². The molecule has 0 unspecified atom stereocenters. The van der Waals surface area contributed by atoms with Gasteiger partial charge in [-0.15, -0.1) is 6.58 Å². The maximum atomic E-state index is 10.7. The molecule has 0 amide bonds. The topological polar surface area (TPSA) is 35.6 Å². The number of carbonyl (C=O) groups excluding carboxylic acids is 1. The molecule has 1 fully saturated rings. The third-order valence-corrected chi connectivity index (χ3v) is 2.31. The summed E-state index contributed by atoms with van der Waals surface area (Å²) in [6, 6.07) is 0. The predicted octanol–water partition coefficient (Wildman–Crippen LogP) is 0.196. The van der Waals surface area contributed by atoms with E-state index < -0.39 is 0 Å². The Morgan fingerprint density at radius 3 is 2.60 bits per heavy atom. The monoisotopic (exact) mass is 207 g/mol. The molecule has 1 rings (SSSR count). The molecule has 1 heterocycles. The highest BCUT2D eigenvalue weighted by molar-refractivity contribution is 5.55. The van der Waals surface area contributed by atoms with Crippen LogP contribution in [0.15, 0.2) is 31.0 Å². The fraction of sp³-hybridized carbons (Fsp3) is 0.455. The van der Waals surface area contributed by atoms with Crippen molar-refractivity contribution in [1.82, 2.24) is 15.3 Å². The Hall–Kier alpha value is -1.35. The normalized spacial score (nSPS) is 16.5. The summed E-state index contributed by atoms with van der Waals surface area (Å²) >= 11 is 0. The molecule has 0 spiro atoms. The zero-order valence-electron chi connectivity index (χ0n) is 8.91. The first-order valence-electron chi connectivity index (χ1n) is 5.05. The number of hydrazine groups is 1. The van der Waals surface area contributed by atoms with Crippen molar-refractivity contribution in [3.8, 4) is 0 Å². The number of piperazine rings is 1. The van der Waals surface area contributed by atoms with E-state index in [1.807, 2.05) is 11.0 Å². The molecule has 0 saturated carbocycles. The van der Waals surface area contributed by atoms with Gasteiger partial charge in [-0.2, -0.15) is 0 Å². The Labute approximate surface area is 90.5 Å². The first kappa shape index (κ1) is 11.7. The zero-order chi connectivity index (χ0) is 11.1. The second-order valence-electron chi connectivity index (χ2n) is 3.27. The summed E-state index contributed by atoms with van der Waals surface area (Å²) in [7, 11) is 0. The van der Waals surface area contributed by atoms with Crippen LogP contribution in [0.2, 0.25) is 0 Å². The SMILES string of the molecule is C=CCN(C(=C=O)C=C)N1CCNCC1. The van der Waals surface area contributed by atoms with Gasteiger partial charge < -0.3 is 5.32 Å². The standard InChI is InChI=1S/C11H17N3O/c1-3-7-14(11(4-2)10-15)13-8-5-12-6-9-13/h3-4,12H,1-2,5-9H2. The van der Waals surface area contributed by atoms with Crippen molar-refractivity contribution in [2.24, 2.45) is 0 Å². The average Bonchev–Trinajstić information content (AvgIpc) is 2.30. The fourth-order valence-electron chi connectivity index (χ4n) is 1.58. The van der Waals surface area contributed by atoms with Crippen LogP contribution in [0.25, 0.3) is 0 Å². The van der Waals surface area contributed by atoms with E-state index in [-0.39, 0.29) is 0 Å². The van der Waals surface area contributed by atoms with Crippen LogP contribution in [-0.2, 0) is 4.79 Å². The van der Waals surface area contributed by atoms with Gasteiger partial charge in [0.25, 0.3) is 0 Å². The van der Waals surface area contributed by atoms with Gasteiger partial charge in [0.05, 0.1) is 6.54 Å². The van der Waals surface area contributed by atoms with Gasteiger partial charge in [-0.3, -0.25) is 5.01 Å².